The molecule has 5 amide bonds. The summed E-state index contributed by atoms with van der Waals surface area (Å²) in [6, 6.07) is 11.8. The third-order valence-corrected chi connectivity index (χ3v) is 5.91. The molecular weight excluding hydrogens is 566 g/mol. The summed E-state index contributed by atoms with van der Waals surface area (Å²) in [6.45, 7) is -1.12. The van der Waals surface area contributed by atoms with E-state index in [4.69, 9.17) is 4.74 Å². The molecule has 4 atom stereocenters. The quantitative estimate of drug-likeness (QED) is 0.107. The number of amides is 5. The van der Waals surface area contributed by atoms with E-state index < -0.39 is 79.6 Å². The Kier molecular flexibility index (Phi) is 14.1. The smallest absolute Gasteiger partial charge is 0.408 e. The van der Waals surface area contributed by atoms with Crippen LogP contribution in [0.3, 0.4) is 0 Å². The Labute approximate surface area is 247 Å². The van der Waals surface area contributed by atoms with Crippen molar-refractivity contribution in [3.05, 3.63) is 71.8 Å². The molecule has 8 N–H and O–H groups in total. The fourth-order valence-electron chi connectivity index (χ4n) is 3.55. The van der Waals surface area contributed by atoms with Crippen LogP contribution in [0.5, 0.6) is 0 Å². The van der Waals surface area contributed by atoms with E-state index in [1.54, 1.807) is 60.7 Å². The third kappa shape index (κ3) is 12.2. The van der Waals surface area contributed by atoms with Gasteiger partial charge >= 0.3 is 12.1 Å². The van der Waals surface area contributed by atoms with Gasteiger partial charge in [0, 0.05) is 6.42 Å². The van der Waals surface area contributed by atoms with Gasteiger partial charge in [0.1, 0.15) is 30.8 Å². The first-order valence-electron chi connectivity index (χ1n) is 13.2. The average Bonchev–Trinajstić information content (AvgIpc) is 3.00. The van der Waals surface area contributed by atoms with Crippen molar-refractivity contribution < 1.29 is 48.8 Å². The van der Waals surface area contributed by atoms with E-state index in [-0.39, 0.29) is 13.0 Å². The lowest BCUT2D eigenvalue weighted by Crippen LogP contribution is -2.57. The summed E-state index contributed by atoms with van der Waals surface area (Å²) in [5.74, 6) is -4.98. The lowest BCUT2D eigenvalue weighted by atomic mass is 10.1. The second-order valence-electron chi connectivity index (χ2n) is 9.28. The molecular formula is C28H35N5O10. The van der Waals surface area contributed by atoms with E-state index in [1.165, 1.54) is 6.92 Å². The number of carboxylic acids is 1. The summed E-state index contributed by atoms with van der Waals surface area (Å²) in [5.41, 5.74) is 1.37. The zero-order valence-corrected chi connectivity index (χ0v) is 23.3. The average molecular weight is 602 g/mol. The molecule has 232 valence electrons. The molecule has 0 fully saturated rings. The zero-order valence-electron chi connectivity index (χ0n) is 23.3. The van der Waals surface area contributed by atoms with Crippen molar-refractivity contribution in [2.45, 2.75) is 44.1 Å². The summed E-state index contributed by atoms with van der Waals surface area (Å²) in [6.07, 6.45) is -0.924. The molecule has 0 aliphatic heterocycles. The number of carbonyl (C=O) groups excluding carboxylic acids is 5. The van der Waals surface area contributed by atoms with Gasteiger partial charge in [0.2, 0.25) is 23.6 Å². The Bertz CT molecular complexity index is 1250. The minimum absolute atomic E-state index is 0.0304. The second kappa shape index (κ2) is 17.7. The van der Waals surface area contributed by atoms with Crippen LogP contribution in [-0.2, 0) is 41.7 Å². The highest BCUT2D eigenvalue weighted by Gasteiger charge is 2.28. The molecule has 0 heterocycles. The van der Waals surface area contributed by atoms with Gasteiger partial charge in [-0.1, -0.05) is 60.7 Å². The molecule has 0 spiro atoms. The molecule has 0 bridgehead atoms. The largest absolute Gasteiger partial charge is 0.480 e. The Morgan fingerprint density at radius 1 is 0.698 bits per heavy atom. The molecule has 43 heavy (non-hydrogen) atoms. The minimum atomic E-state index is -1.52. The van der Waals surface area contributed by atoms with E-state index >= 15 is 0 Å². The van der Waals surface area contributed by atoms with Crippen LogP contribution in [0.1, 0.15) is 18.1 Å². The van der Waals surface area contributed by atoms with Crippen LogP contribution in [-0.4, -0.2) is 94.9 Å². The predicted molar refractivity (Wildman–Crippen MR) is 150 cm³/mol. The van der Waals surface area contributed by atoms with Gasteiger partial charge in [-0.25, -0.2) is 9.59 Å². The number of aliphatic hydroxyl groups is 2. The van der Waals surface area contributed by atoms with Gasteiger partial charge in [-0.3, -0.25) is 19.2 Å². The minimum Gasteiger partial charge on any atom is -0.480 e. The molecule has 2 aromatic rings. The van der Waals surface area contributed by atoms with Crippen LogP contribution >= 0.6 is 0 Å². The molecule has 0 aromatic heterocycles. The number of rotatable bonds is 16. The van der Waals surface area contributed by atoms with Crippen LogP contribution in [0.2, 0.25) is 0 Å². The Morgan fingerprint density at radius 3 is 1.79 bits per heavy atom. The molecule has 0 aliphatic rings. The highest BCUT2D eigenvalue weighted by atomic mass is 16.5. The van der Waals surface area contributed by atoms with E-state index in [9.17, 15) is 44.1 Å². The standard InChI is InChI=1S/C28H35N5O10/c1-17(30-28(42)43-16-19-10-6-3-7-11-19)24(37)33-21(14-34)25(38)29-13-23(36)31-22(15-35)26(39)32-20(27(40)41)12-18-8-4-2-5-9-18/h2-11,17,20-22,34-35H,12-16H2,1H3,(H,29,38)(H,30,42)(H,31,36)(H,32,39)(H,33,37)(H,40,41)/t17-,20-,21-,22-/m0/s1. The number of carboxylic acid groups (broad SMARTS) is 1. The van der Waals surface area contributed by atoms with Crippen LogP contribution in [0.4, 0.5) is 4.79 Å². The van der Waals surface area contributed by atoms with Crippen molar-refractivity contribution in [3.8, 4) is 0 Å². The van der Waals surface area contributed by atoms with Crippen LogP contribution in [0.15, 0.2) is 60.7 Å². The molecule has 0 saturated heterocycles. The highest BCUT2D eigenvalue weighted by molar-refractivity contribution is 5.94. The first-order chi connectivity index (χ1) is 20.5. The van der Waals surface area contributed by atoms with Crippen molar-refractivity contribution in [3.63, 3.8) is 0 Å². The molecule has 0 unspecified atom stereocenters. The molecule has 15 nitrogen and oxygen atoms in total. The third-order valence-electron chi connectivity index (χ3n) is 5.91. The molecule has 2 rings (SSSR count). The Morgan fingerprint density at radius 2 is 1.23 bits per heavy atom. The summed E-state index contributed by atoms with van der Waals surface area (Å²) < 4.78 is 5.03. The van der Waals surface area contributed by atoms with Crippen LogP contribution in [0, 0.1) is 0 Å². The van der Waals surface area contributed by atoms with E-state index in [0.717, 1.165) is 5.56 Å². The maximum atomic E-state index is 12.5. The van der Waals surface area contributed by atoms with Crippen molar-refractivity contribution >= 4 is 35.7 Å². The fraction of sp³-hybridized carbons (Fsp3) is 0.357. The SMILES string of the molecule is C[C@H](NC(=O)OCc1ccccc1)C(=O)N[C@@H](CO)C(=O)NCC(=O)N[C@@H](CO)C(=O)N[C@@H](Cc1ccccc1)C(=O)O. The topological polar surface area (TPSA) is 232 Å². The van der Waals surface area contributed by atoms with E-state index in [0.29, 0.717) is 5.56 Å². The molecule has 2 aromatic carbocycles. The lowest BCUT2D eigenvalue weighted by Gasteiger charge is -2.21. The number of benzene rings is 2. The number of alkyl carbamates (subject to hydrolysis) is 1. The van der Waals surface area contributed by atoms with Gasteiger partial charge < -0.3 is 46.6 Å². The van der Waals surface area contributed by atoms with Crippen LogP contribution < -0.4 is 26.6 Å². The highest BCUT2D eigenvalue weighted by Crippen LogP contribution is 2.04. The molecule has 0 saturated carbocycles. The number of carbonyl (C=O) groups is 6. The van der Waals surface area contributed by atoms with Gasteiger partial charge in [-0.05, 0) is 18.1 Å². The number of hydrogen-bond donors (Lipinski definition) is 8. The molecule has 15 heteroatoms. The maximum absolute atomic E-state index is 12.5. The van der Waals surface area contributed by atoms with Gasteiger partial charge in [0.15, 0.2) is 0 Å². The van der Waals surface area contributed by atoms with Crippen LogP contribution in [0.25, 0.3) is 0 Å². The zero-order chi connectivity index (χ0) is 31.8. The monoisotopic (exact) mass is 601 g/mol. The van der Waals surface area contributed by atoms with Gasteiger partial charge in [-0.15, -0.1) is 0 Å². The molecule has 0 radical (unpaired) electrons. The predicted octanol–water partition coefficient (Wildman–Crippen LogP) is -1.82. The summed E-state index contributed by atoms with van der Waals surface area (Å²) in [7, 11) is 0. The second-order valence-corrected chi connectivity index (χ2v) is 9.28. The number of hydrogen-bond acceptors (Lipinski definition) is 9. The normalized spacial score (nSPS) is 13.3. The van der Waals surface area contributed by atoms with Crippen molar-refractivity contribution in [2.75, 3.05) is 19.8 Å². The lowest BCUT2D eigenvalue weighted by molar-refractivity contribution is -0.142. The summed E-state index contributed by atoms with van der Waals surface area (Å²) in [5, 5.41) is 39.7. The summed E-state index contributed by atoms with van der Waals surface area (Å²) >= 11 is 0. The van der Waals surface area contributed by atoms with E-state index in [1.807, 2.05) is 0 Å². The number of aliphatic carboxylic acids is 1. The number of ether oxygens (including phenoxy) is 1. The van der Waals surface area contributed by atoms with Gasteiger partial charge in [0.05, 0.1) is 19.8 Å². The fourth-order valence-corrected chi connectivity index (χ4v) is 3.55. The van der Waals surface area contributed by atoms with Gasteiger partial charge in [-0.2, -0.15) is 0 Å². The maximum Gasteiger partial charge on any atom is 0.408 e. The van der Waals surface area contributed by atoms with E-state index in [2.05, 4.69) is 26.6 Å². The van der Waals surface area contributed by atoms with Gasteiger partial charge in [0.25, 0.3) is 0 Å². The summed E-state index contributed by atoms with van der Waals surface area (Å²) in [4.78, 5) is 73.3. The first kappa shape index (κ1) is 34.2. The Balaban J connectivity index is 1.80. The van der Waals surface area contributed by atoms with Crippen molar-refractivity contribution in [1.82, 2.24) is 26.6 Å². The van der Waals surface area contributed by atoms with Crippen molar-refractivity contribution in [1.29, 1.82) is 0 Å². The van der Waals surface area contributed by atoms with Crippen molar-refractivity contribution in [2.24, 2.45) is 0 Å². The first-order valence-corrected chi connectivity index (χ1v) is 13.2. The molecule has 0 aliphatic carbocycles. The number of nitrogens with one attached hydrogen (secondary N) is 5. The number of aliphatic hydroxyl groups excluding tert-OH is 2. The Hall–Kier alpha value is -5.02.